The first-order chi connectivity index (χ1) is 7.45. The molecule has 2 rings (SSSR count). The molecular formula is C12H24N2O. The smallest absolute Gasteiger partial charge is 0.0620 e. The van der Waals surface area contributed by atoms with Crippen molar-refractivity contribution in [2.45, 2.75) is 38.1 Å². The van der Waals surface area contributed by atoms with Crippen molar-refractivity contribution in [1.82, 2.24) is 10.6 Å². The van der Waals surface area contributed by atoms with E-state index in [4.69, 9.17) is 4.74 Å². The van der Waals surface area contributed by atoms with E-state index in [0.29, 0.717) is 6.04 Å². The Bertz CT molecular complexity index is 165. The first-order valence-corrected chi connectivity index (χ1v) is 6.47. The van der Waals surface area contributed by atoms with Gasteiger partial charge in [0.15, 0.2) is 0 Å². The maximum Gasteiger partial charge on any atom is 0.0620 e. The Balaban J connectivity index is 1.37. The van der Waals surface area contributed by atoms with E-state index in [2.05, 4.69) is 10.6 Å². The summed E-state index contributed by atoms with van der Waals surface area (Å²) in [6.07, 6.45) is 6.98. The first-order valence-electron chi connectivity index (χ1n) is 6.47. The molecule has 0 radical (unpaired) electrons. The van der Waals surface area contributed by atoms with Crippen LogP contribution in [0.1, 0.15) is 32.1 Å². The highest BCUT2D eigenvalue weighted by Crippen LogP contribution is 2.33. The van der Waals surface area contributed by atoms with Crippen molar-refractivity contribution < 1.29 is 4.74 Å². The average molecular weight is 212 g/mol. The standard InChI is InChI=1S/C12H24N2O/c1(2-11-3-4-11)6-13-7-5-12-10-15-9-8-14-12/h11-14H,1-10H2. The molecule has 1 aliphatic heterocycles. The third-order valence-electron chi connectivity index (χ3n) is 3.33. The van der Waals surface area contributed by atoms with E-state index in [1.54, 1.807) is 0 Å². The molecule has 15 heavy (non-hydrogen) atoms. The molecule has 0 aromatic rings. The molecule has 3 heteroatoms. The molecule has 2 aliphatic rings. The van der Waals surface area contributed by atoms with Gasteiger partial charge in [0.05, 0.1) is 13.2 Å². The van der Waals surface area contributed by atoms with Crippen LogP contribution in [-0.2, 0) is 4.74 Å². The lowest BCUT2D eigenvalue weighted by Crippen LogP contribution is -2.42. The number of ether oxygens (including phenoxy) is 1. The number of nitrogens with one attached hydrogen (secondary N) is 2. The van der Waals surface area contributed by atoms with Gasteiger partial charge in [-0.15, -0.1) is 0 Å². The molecule has 1 saturated heterocycles. The number of hydrogen-bond donors (Lipinski definition) is 2. The van der Waals surface area contributed by atoms with Gasteiger partial charge in [-0.25, -0.2) is 0 Å². The molecule has 0 bridgehead atoms. The van der Waals surface area contributed by atoms with Crippen molar-refractivity contribution >= 4 is 0 Å². The van der Waals surface area contributed by atoms with Gasteiger partial charge in [-0.3, -0.25) is 0 Å². The summed E-state index contributed by atoms with van der Waals surface area (Å²) in [5.41, 5.74) is 0. The van der Waals surface area contributed by atoms with Gasteiger partial charge in [0, 0.05) is 12.6 Å². The Hall–Kier alpha value is -0.120. The van der Waals surface area contributed by atoms with Crippen molar-refractivity contribution in [3.63, 3.8) is 0 Å². The molecule has 0 aromatic carbocycles. The van der Waals surface area contributed by atoms with Gasteiger partial charge in [0.25, 0.3) is 0 Å². The summed E-state index contributed by atoms with van der Waals surface area (Å²) < 4.78 is 5.41. The van der Waals surface area contributed by atoms with E-state index in [-0.39, 0.29) is 0 Å². The number of hydrogen-bond acceptors (Lipinski definition) is 3. The number of morpholine rings is 1. The van der Waals surface area contributed by atoms with Crippen LogP contribution in [-0.4, -0.2) is 38.9 Å². The lowest BCUT2D eigenvalue weighted by molar-refractivity contribution is 0.0743. The van der Waals surface area contributed by atoms with Gasteiger partial charge in [-0.2, -0.15) is 0 Å². The highest BCUT2D eigenvalue weighted by molar-refractivity contribution is 4.73. The van der Waals surface area contributed by atoms with Crippen molar-refractivity contribution in [3.05, 3.63) is 0 Å². The van der Waals surface area contributed by atoms with Gasteiger partial charge >= 0.3 is 0 Å². The Labute approximate surface area is 93.0 Å². The Kier molecular flexibility index (Phi) is 4.90. The summed E-state index contributed by atoms with van der Waals surface area (Å²) >= 11 is 0. The first kappa shape index (κ1) is 11.4. The minimum Gasteiger partial charge on any atom is -0.379 e. The van der Waals surface area contributed by atoms with Crippen molar-refractivity contribution in [2.75, 3.05) is 32.8 Å². The summed E-state index contributed by atoms with van der Waals surface area (Å²) in [4.78, 5) is 0. The average Bonchev–Trinajstić information content (AvgIpc) is 3.09. The quantitative estimate of drug-likeness (QED) is 0.621. The molecule has 3 nitrogen and oxygen atoms in total. The summed E-state index contributed by atoms with van der Waals surface area (Å²) in [5, 5.41) is 6.99. The highest BCUT2D eigenvalue weighted by Gasteiger charge is 2.19. The molecule has 0 spiro atoms. The zero-order valence-electron chi connectivity index (χ0n) is 9.63. The molecule has 1 unspecified atom stereocenters. The molecule has 88 valence electrons. The summed E-state index contributed by atoms with van der Waals surface area (Å²) in [5.74, 6) is 1.08. The highest BCUT2D eigenvalue weighted by atomic mass is 16.5. The minimum absolute atomic E-state index is 0.578. The second kappa shape index (κ2) is 6.46. The Morgan fingerprint density at radius 2 is 2.13 bits per heavy atom. The fourth-order valence-corrected chi connectivity index (χ4v) is 2.13. The second-order valence-electron chi connectivity index (χ2n) is 4.85. The van der Waals surface area contributed by atoms with Gasteiger partial charge in [0.2, 0.25) is 0 Å². The van der Waals surface area contributed by atoms with Crippen LogP contribution >= 0.6 is 0 Å². The van der Waals surface area contributed by atoms with E-state index >= 15 is 0 Å². The normalized spacial score (nSPS) is 26.8. The van der Waals surface area contributed by atoms with E-state index in [1.165, 1.54) is 38.6 Å². The summed E-state index contributed by atoms with van der Waals surface area (Å²) in [6.45, 7) is 5.12. The van der Waals surface area contributed by atoms with Gasteiger partial charge in [-0.1, -0.05) is 12.8 Å². The zero-order valence-corrected chi connectivity index (χ0v) is 9.63. The molecular weight excluding hydrogens is 188 g/mol. The van der Waals surface area contributed by atoms with Gasteiger partial charge in [-0.05, 0) is 38.3 Å². The molecule has 1 atom stereocenters. The topological polar surface area (TPSA) is 33.3 Å². The molecule has 1 aliphatic carbocycles. The molecule has 0 aromatic heterocycles. The van der Waals surface area contributed by atoms with Gasteiger partial charge in [0.1, 0.15) is 0 Å². The third-order valence-corrected chi connectivity index (χ3v) is 3.33. The zero-order chi connectivity index (χ0) is 10.3. The van der Waals surface area contributed by atoms with Gasteiger partial charge < -0.3 is 15.4 Å². The predicted octanol–water partition coefficient (Wildman–Crippen LogP) is 1.14. The molecule has 1 heterocycles. The fourth-order valence-electron chi connectivity index (χ4n) is 2.13. The van der Waals surface area contributed by atoms with E-state index < -0.39 is 0 Å². The van der Waals surface area contributed by atoms with Crippen LogP contribution in [0.25, 0.3) is 0 Å². The van der Waals surface area contributed by atoms with Crippen molar-refractivity contribution in [2.24, 2.45) is 5.92 Å². The Morgan fingerprint density at radius 1 is 1.20 bits per heavy atom. The second-order valence-corrected chi connectivity index (χ2v) is 4.85. The summed E-state index contributed by atoms with van der Waals surface area (Å²) in [7, 11) is 0. The largest absolute Gasteiger partial charge is 0.379 e. The maximum absolute atomic E-state index is 5.41. The van der Waals surface area contributed by atoms with Crippen LogP contribution in [0.4, 0.5) is 0 Å². The van der Waals surface area contributed by atoms with Crippen LogP contribution in [0, 0.1) is 5.92 Å². The number of rotatable bonds is 7. The van der Waals surface area contributed by atoms with E-state index in [9.17, 15) is 0 Å². The Morgan fingerprint density at radius 3 is 2.87 bits per heavy atom. The SMILES string of the molecule is C(CNCCC1COCCN1)CC1CC1. The van der Waals surface area contributed by atoms with Crippen LogP contribution in [0.5, 0.6) is 0 Å². The lowest BCUT2D eigenvalue weighted by Gasteiger charge is -2.23. The molecule has 2 fully saturated rings. The molecule has 1 saturated carbocycles. The molecule has 0 amide bonds. The minimum atomic E-state index is 0.578. The van der Waals surface area contributed by atoms with Crippen LogP contribution in [0.2, 0.25) is 0 Å². The van der Waals surface area contributed by atoms with Crippen LogP contribution < -0.4 is 10.6 Å². The predicted molar refractivity (Wildman–Crippen MR) is 62.1 cm³/mol. The van der Waals surface area contributed by atoms with Crippen molar-refractivity contribution in [3.8, 4) is 0 Å². The maximum atomic E-state index is 5.41. The van der Waals surface area contributed by atoms with Crippen LogP contribution in [0.15, 0.2) is 0 Å². The van der Waals surface area contributed by atoms with Crippen LogP contribution in [0.3, 0.4) is 0 Å². The van der Waals surface area contributed by atoms with Crippen molar-refractivity contribution in [1.29, 1.82) is 0 Å². The third kappa shape index (κ3) is 4.96. The van der Waals surface area contributed by atoms with E-state index in [1.807, 2.05) is 0 Å². The monoisotopic (exact) mass is 212 g/mol. The fraction of sp³-hybridized carbons (Fsp3) is 1.00. The summed E-state index contributed by atoms with van der Waals surface area (Å²) in [6, 6.07) is 0.578. The molecule has 2 N–H and O–H groups in total. The van der Waals surface area contributed by atoms with E-state index in [0.717, 1.165) is 32.2 Å². The lowest BCUT2D eigenvalue weighted by atomic mass is 10.2.